The van der Waals surface area contributed by atoms with Crippen LogP contribution in [0.5, 0.6) is 5.75 Å². The third-order valence-electron chi connectivity index (χ3n) is 3.83. The molecule has 1 aliphatic rings. The van der Waals surface area contributed by atoms with Crippen molar-refractivity contribution in [1.29, 1.82) is 0 Å². The first-order valence-corrected chi connectivity index (χ1v) is 7.84. The van der Waals surface area contributed by atoms with E-state index >= 15 is 0 Å². The van der Waals surface area contributed by atoms with Crippen LogP contribution in [-0.4, -0.2) is 16.2 Å². The van der Waals surface area contributed by atoms with E-state index in [1.807, 2.05) is 31.2 Å². The van der Waals surface area contributed by atoms with Crippen LogP contribution in [0.25, 0.3) is 11.3 Å². The van der Waals surface area contributed by atoms with Crippen LogP contribution < -0.4 is 10.5 Å². The fraction of sp³-hybridized carbons (Fsp3) is 0.471. The van der Waals surface area contributed by atoms with Crippen LogP contribution in [0.1, 0.15) is 45.0 Å². The van der Waals surface area contributed by atoms with E-state index in [1.54, 1.807) is 0 Å². The van der Waals surface area contributed by atoms with Gasteiger partial charge in [-0.05, 0) is 38.3 Å². The molecule has 4 nitrogen and oxygen atoms in total. The van der Waals surface area contributed by atoms with Gasteiger partial charge in [0.2, 0.25) is 0 Å². The monoisotopic (exact) mass is 285 g/mol. The minimum absolute atomic E-state index is 0.558. The Kier molecular flexibility index (Phi) is 3.86. The highest BCUT2D eigenvalue weighted by Crippen LogP contribution is 2.41. The summed E-state index contributed by atoms with van der Waals surface area (Å²) in [6, 6.07) is 8.59. The number of ether oxygens (including phenoxy) is 1. The van der Waals surface area contributed by atoms with Gasteiger partial charge in [-0.3, -0.25) is 0 Å². The van der Waals surface area contributed by atoms with E-state index in [1.165, 1.54) is 12.8 Å². The molecule has 2 N–H and O–H groups in total. The topological polar surface area (TPSA) is 53.1 Å². The predicted octanol–water partition coefficient (Wildman–Crippen LogP) is 3.82. The second kappa shape index (κ2) is 5.80. The summed E-state index contributed by atoms with van der Waals surface area (Å²) in [4.78, 5) is 4.81. The average molecular weight is 285 g/mol. The first-order chi connectivity index (χ1) is 10.2. The maximum absolute atomic E-state index is 6.39. The van der Waals surface area contributed by atoms with Gasteiger partial charge in [0.1, 0.15) is 23.1 Å². The lowest BCUT2D eigenvalue weighted by atomic mass is 10.1. The van der Waals surface area contributed by atoms with Gasteiger partial charge in [-0.15, -0.1) is 0 Å². The SMILES string of the molecule is CCCc1nc(-c2cccc(OCC)c2)c(N)n1C1CC1. The summed E-state index contributed by atoms with van der Waals surface area (Å²) in [5.41, 5.74) is 8.32. The van der Waals surface area contributed by atoms with E-state index in [9.17, 15) is 0 Å². The number of nitrogens with zero attached hydrogens (tertiary/aromatic N) is 2. The summed E-state index contributed by atoms with van der Waals surface area (Å²) in [6.07, 6.45) is 4.50. The Labute approximate surface area is 125 Å². The molecule has 0 spiro atoms. The van der Waals surface area contributed by atoms with Crippen molar-refractivity contribution >= 4 is 5.82 Å². The molecule has 3 rings (SSSR count). The average Bonchev–Trinajstić information content (AvgIpc) is 3.25. The predicted molar refractivity (Wildman–Crippen MR) is 85.5 cm³/mol. The van der Waals surface area contributed by atoms with Crippen LogP contribution >= 0.6 is 0 Å². The van der Waals surface area contributed by atoms with Crippen LogP contribution in [0.4, 0.5) is 5.82 Å². The molecule has 0 atom stereocenters. The molecule has 2 aromatic rings. The fourth-order valence-corrected chi connectivity index (χ4v) is 2.75. The van der Waals surface area contributed by atoms with Crippen molar-refractivity contribution in [3.8, 4) is 17.0 Å². The summed E-state index contributed by atoms with van der Waals surface area (Å²) in [5, 5.41) is 0. The highest BCUT2D eigenvalue weighted by atomic mass is 16.5. The molecule has 1 aromatic carbocycles. The molecule has 0 aliphatic heterocycles. The molecule has 4 heteroatoms. The Morgan fingerprint density at radius 1 is 1.33 bits per heavy atom. The van der Waals surface area contributed by atoms with Crippen molar-refractivity contribution in [2.75, 3.05) is 12.3 Å². The standard InChI is InChI=1S/C17H23N3O/c1-3-6-15-19-16(17(18)20(15)13-9-10-13)12-7-5-8-14(11-12)21-4-2/h5,7-8,11,13H,3-4,6,9-10,18H2,1-2H3. The number of imidazole rings is 1. The zero-order valence-electron chi connectivity index (χ0n) is 12.8. The molecule has 0 saturated heterocycles. The van der Waals surface area contributed by atoms with E-state index in [-0.39, 0.29) is 0 Å². The maximum Gasteiger partial charge on any atom is 0.131 e. The van der Waals surface area contributed by atoms with Crippen molar-refractivity contribution in [2.45, 2.75) is 45.6 Å². The molecule has 1 saturated carbocycles. The number of aromatic nitrogens is 2. The summed E-state index contributed by atoms with van der Waals surface area (Å²) in [7, 11) is 0. The molecule has 112 valence electrons. The van der Waals surface area contributed by atoms with Gasteiger partial charge in [-0.1, -0.05) is 19.1 Å². The smallest absolute Gasteiger partial charge is 0.131 e. The Bertz CT molecular complexity index is 629. The molecule has 1 heterocycles. The summed E-state index contributed by atoms with van der Waals surface area (Å²) >= 11 is 0. The number of rotatable bonds is 6. The van der Waals surface area contributed by atoms with Gasteiger partial charge in [0.05, 0.1) is 6.61 Å². The fourth-order valence-electron chi connectivity index (χ4n) is 2.75. The number of benzene rings is 1. The number of nitrogen functional groups attached to an aromatic ring is 1. The van der Waals surface area contributed by atoms with Gasteiger partial charge in [-0.2, -0.15) is 0 Å². The Morgan fingerprint density at radius 3 is 2.81 bits per heavy atom. The molecule has 1 aromatic heterocycles. The number of anilines is 1. The third kappa shape index (κ3) is 2.75. The zero-order valence-corrected chi connectivity index (χ0v) is 12.8. The van der Waals surface area contributed by atoms with Crippen LogP contribution in [0, 0.1) is 0 Å². The molecule has 1 aliphatic carbocycles. The van der Waals surface area contributed by atoms with Crippen molar-refractivity contribution in [3.63, 3.8) is 0 Å². The van der Waals surface area contributed by atoms with Crippen LogP contribution in [0.3, 0.4) is 0 Å². The van der Waals surface area contributed by atoms with Crippen molar-refractivity contribution < 1.29 is 4.74 Å². The summed E-state index contributed by atoms with van der Waals surface area (Å²) < 4.78 is 7.82. The molecule has 0 unspecified atom stereocenters. The normalized spacial score (nSPS) is 14.4. The van der Waals surface area contributed by atoms with E-state index < -0.39 is 0 Å². The van der Waals surface area contributed by atoms with Crippen molar-refractivity contribution in [3.05, 3.63) is 30.1 Å². The van der Waals surface area contributed by atoms with E-state index in [2.05, 4.69) is 11.5 Å². The molecular weight excluding hydrogens is 262 g/mol. The van der Waals surface area contributed by atoms with Crippen molar-refractivity contribution in [1.82, 2.24) is 9.55 Å². The Morgan fingerprint density at radius 2 is 2.14 bits per heavy atom. The Balaban J connectivity index is 2.01. The first kappa shape index (κ1) is 14.0. The minimum Gasteiger partial charge on any atom is -0.494 e. The van der Waals surface area contributed by atoms with E-state index in [4.69, 9.17) is 15.5 Å². The minimum atomic E-state index is 0.558. The quantitative estimate of drug-likeness (QED) is 0.878. The number of aryl methyl sites for hydroxylation is 1. The third-order valence-corrected chi connectivity index (χ3v) is 3.83. The molecule has 1 fully saturated rings. The number of hydrogen-bond donors (Lipinski definition) is 1. The molecule has 0 amide bonds. The van der Waals surface area contributed by atoms with Gasteiger partial charge < -0.3 is 15.0 Å². The lowest BCUT2D eigenvalue weighted by Gasteiger charge is -2.08. The molecule has 21 heavy (non-hydrogen) atoms. The zero-order chi connectivity index (χ0) is 14.8. The molecule has 0 bridgehead atoms. The second-order valence-corrected chi connectivity index (χ2v) is 5.57. The van der Waals surface area contributed by atoms with Gasteiger partial charge in [0.25, 0.3) is 0 Å². The van der Waals surface area contributed by atoms with Gasteiger partial charge >= 0.3 is 0 Å². The van der Waals surface area contributed by atoms with Crippen LogP contribution in [0.2, 0.25) is 0 Å². The highest BCUT2D eigenvalue weighted by molar-refractivity contribution is 5.72. The van der Waals surface area contributed by atoms with E-state index in [0.29, 0.717) is 12.6 Å². The number of nitrogens with two attached hydrogens (primary N) is 1. The Hall–Kier alpha value is -1.97. The maximum atomic E-state index is 6.39. The second-order valence-electron chi connectivity index (χ2n) is 5.57. The van der Waals surface area contributed by atoms with Gasteiger partial charge in [0, 0.05) is 18.0 Å². The molecule has 0 radical (unpaired) electrons. The van der Waals surface area contributed by atoms with Gasteiger partial charge in [0.15, 0.2) is 0 Å². The summed E-state index contributed by atoms with van der Waals surface area (Å²) in [5.74, 6) is 2.79. The molecular formula is C17H23N3O. The van der Waals surface area contributed by atoms with Crippen LogP contribution in [0.15, 0.2) is 24.3 Å². The van der Waals surface area contributed by atoms with Crippen LogP contribution in [-0.2, 0) is 6.42 Å². The highest BCUT2D eigenvalue weighted by Gasteiger charge is 2.29. The van der Waals surface area contributed by atoms with Crippen molar-refractivity contribution in [2.24, 2.45) is 0 Å². The number of hydrogen-bond acceptors (Lipinski definition) is 3. The van der Waals surface area contributed by atoms with Gasteiger partial charge in [-0.25, -0.2) is 4.98 Å². The van der Waals surface area contributed by atoms with E-state index in [0.717, 1.165) is 41.5 Å². The lowest BCUT2D eigenvalue weighted by Crippen LogP contribution is -2.05. The lowest BCUT2D eigenvalue weighted by molar-refractivity contribution is 0.340. The first-order valence-electron chi connectivity index (χ1n) is 7.84. The largest absolute Gasteiger partial charge is 0.494 e. The summed E-state index contributed by atoms with van der Waals surface area (Å²) in [6.45, 7) is 4.83.